The lowest BCUT2D eigenvalue weighted by molar-refractivity contribution is 0.144. The lowest BCUT2D eigenvalue weighted by Crippen LogP contribution is -2.16. The van der Waals surface area contributed by atoms with Crippen molar-refractivity contribution in [3.8, 4) is 22.8 Å². The van der Waals surface area contributed by atoms with Crippen LogP contribution in [0, 0.1) is 0 Å². The minimum atomic E-state index is 0.288. The number of benzene rings is 1. The molecule has 6 heteroatoms. The SMILES string of the molecule is CCOCCCNCc1cn[nH]c1-c1ccc2c(c1)OCO2. The standard InChI is InChI=1S/C16H21N3O3/c1-2-20-7-3-6-17-9-13-10-18-19-16(13)12-4-5-14-15(8-12)22-11-21-14/h4-5,8,10,17H,2-3,6-7,9,11H2,1H3,(H,18,19). The highest BCUT2D eigenvalue weighted by Gasteiger charge is 2.15. The molecule has 0 atom stereocenters. The summed E-state index contributed by atoms with van der Waals surface area (Å²) in [6, 6.07) is 5.92. The van der Waals surface area contributed by atoms with Gasteiger partial charge in [0.25, 0.3) is 0 Å². The zero-order chi connectivity index (χ0) is 15.2. The summed E-state index contributed by atoms with van der Waals surface area (Å²) >= 11 is 0. The number of nitrogens with zero attached hydrogens (tertiary/aromatic N) is 1. The van der Waals surface area contributed by atoms with Gasteiger partial charge in [0.2, 0.25) is 6.79 Å². The quantitative estimate of drug-likeness (QED) is 0.733. The van der Waals surface area contributed by atoms with Crippen LogP contribution in [0.5, 0.6) is 11.5 Å². The summed E-state index contributed by atoms with van der Waals surface area (Å²) in [6.45, 7) is 5.56. The second kappa shape index (κ2) is 7.29. The third kappa shape index (κ3) is 3.40. The van der Waals surface area contributed by atoms with Gasteiger partial charge in [0.1, 0.15) is 0 Å². The second-order valence-electron chi connectivity index (χ2n) is 5.07. The Hall–Kier alpha value is -2.05. The number of rotatable bonds is 8. The van der Waals surface area contributed by atoms with Crippen LogP contribution in [0.3, 0.4) is 0 Å². The Bertz CT molecular complexity index is 612. The molecule has 0 amide bonds. The first-order valence-corrected chi connectivity index (χ1v) is 7.59. The molecule has 0 bridgehead atoms. The number of nitrogens with one attached hydrogen (secondary N) is 2. The van der Waals surface area contributed by atoms with Gasteiger partial charge in [-0.2, -0.15) is 5.10 Å². The van der Waals surface area contributed by atoms with Crippen LogP contribution in [0.2, 0.25) is 0 Å². The van der Waals surface area contributed by atoms with Gasteiger partial charge in [-0.25, -0.2) is 0 Å². The summed E-state index contributed by atoms with van der Waals surface area (Å²) in [6.07, 6.45) is 2.86. The van der Waals surface area contributed by atoms with Crippen LogP contribution in [0.4, 0.5) is 0 Å². The van der Waals surface area contributed by atoms with Crippen molar-refractivity contribution >= 4 is 0 Å². The van der Waals surface area contributed by atoms with E-state index in [1.54, 1.807) is 0 Å². The average Bonchev–Trinajstić information content (AvgIpc) is 3.18. The van der Waals surface area contributed by atoms with Gasteiger partial charge in [-0.05, 0) is 38.1 Å². The normalized spacial score (nSPS) is 12.8. The van der Waals surface area contributed by atoms with E-state index in [0.29, 0.717) is 0 Å². The van der Waals surface area contributed by atoms with Crippen LogP contribution in [0.15, 0.2) is 24.4 Å². The maximum Gasteiger partial charge on any atom is 0.231 e. The highest BCUT2D eigenvalue weighted by atomic mass is 16.7. The molecule has 3 rings (SSSR count). The molecular weight excluding hydrogens is 282 g/mol. The Kier molecular flexibility index (Phi) is 4.92. The van der Waals surface area contributed by atoms with Crippen molar-refractivity contribution in [3.63, 3.8) is 0 Å². The van der Waals surface area contributed by atoms with E-state index in [1.165, 1.54) is 0 Å². The fraction of sp³-hybridized carbons (Fsp3) is 0.438. The van der Waals surface area contributed by atoms with E-state index >= 15 is 0 Å². The van der Waals surface area contributed by atoms with Crippen LogP contribution in [-0.4, -0.2) is 36.7 Å². The van der Waals surface area contributed by atoms with E-state index in [4.69, 9.17) is 14.2 Å². The minimum absolute atomic E-state index is 0.288. The Morgan fingerprint density at radius 3 is 3.14 bits per heavy atom. The van der Waals surface area contributed by atoms with Gasteiger partial charge in [-0.3, -0.25) is 5.10 Å². The molecule has 0 saturated carbocycles. The number of aromatic amines is 1. The summed E-state index contributed by atoms with van der Waals surface area (Å²) in [7, 11) is 0. The number of H-pyrrole nitrogens is 1. The van der Waals surface area contributed by atoms with Gasteiger partial charge in [0.15, 0.2) is 11.5 Å². The monoisotopic (exact) mass is 303 g/mol. The average molecular weight is 303 g/mol. The van der Waals surface area contributed by atoms with Crippen LogP contribution in [0.1, 0.15) is 18.9 Å². The molecule has 22 heavy (non-hydrogen) atoms. The van der Waals surface area contributed by atoms with E-state index < -0.39 is 0 Å². The Morgan fingerprint density at radius 1 is 1.32 bits per heavy atom. The molecule has 1 aromatic heterocycles. The van der Waals surface area contributed by atoms with E-state index in [0.717, 1.165) is 61.0 Å². The zero-order valence-electron chi connectivity index (χ0n) is 12.7. The van der Waals surface area contributed by atoms with Crippen molar-refractivity contribution in [2.75, 3.05) is 26.6 Å². The molecule has 0 saturated heterocycles. The maximum atomic E-state index is 5.43. The third-order valence-electron chi connectivity index (χ3n) is 3.54. The molecule has 2 N–H and O–H groups in total. The first-order valence-electron chi connectivity index (χ1n) is 7.59. The predicted octanol–water partition coefficient (Wildman–Crippen LogP) is 2.32. The highest BCUT2D eigenvalue weighted by Crippen LogP contribution is 2.36. The summed E-state index contributed by atoms with van der Waals surface area (Å²) in [5, 5.41) is 10.6. The van der Waals surface area contributed by atoms with Crippen molar-refractivity contribution in [2.45, 2.75) is 19.9 Å². The highest BCUT2D eigenvalue weighted by molar-refractivity contribution is 5.66. The molecule has 0 fully saturated rings. The molecular formula is C16H21N3O3. The summed E-state index contributed by atoms with van der Waals surface area (Å²) in [5.41, 5.74) is 3.19. The van der Waals surface area contributed by atoms with Crippen LogP contribution in [0.25, 0.3) is 11.3 Å². The number of fused-ring (bicyclic) bond motifs is 1. The van der Waals surface area contributed by atoms with E-state index in [1.807, 2.05) is 31.3 Å². The first kappa shape index (κ1) is 14.9. The molecule has 1 aromatic carbocycles. The Balaban J connectivity index is 1.60. The lowest BCUT2D eigenvalue weighted by atomic mass is 10.1. The summed E-state index contributed by atoms with van der Waals surface area (Å²) in [5.74, 6) is 1.57. The van der Waals surface area contributed by atoms with Gasteiger partial charge in [0, 0.05) is 30.9 Å². The summed E-state index contributed by atoms with van der Waals surface area (Å²) < 4.78 is 16.1. The summed E-state index contributed by atoms with van der Waals surface area (Å²) in [4.78, 5) is 0. The second-order valence-corrected chi connectivity index (χ2v) is 5.07. The van der Waals surface area contributed by atoms with Gasteiger partial charge in [-0.15, -0.1) is 0 Å². The van der Waals surface area contributed by atoms with Gasteiger partial charge in [-0.1, -0.05) is 0 Å². The number of hydrogen-bond acceptors (Lipinski definition) is 5. The third-order valence-corrected chi connectivity index (χ3v) is 3.54. The molecule has 6 nitrogen and oxygen atoms in total. The van der Waals surface area contributed by atoms with Crippen LogP contribution in [-0.2, 0) is 11.3 Å². The van der Waals surface area contributed by atoms with E-state index in [2.05, 4.69) is 15.5 Å². The molecule has 118 valence electrons. The van der Waals surface area contributed by atoms with E-state index in [9.17, 15) is 0 Å². The molecule has 1 aliphatic heterocycles. The maximum absolute atomic E-state index is 5.43. The number of ether oxygens (including phenoxy) is 3. The van der Waals surface area contributed by atoms with Crippen molar-refractivity contribution in [2.24, 2.45) is 0 Å². The van der Waals surface area contributed by atoms with Gasteiger partial charge >= 0.3 is 0 Å². The molecule has 0 radical (unpaired) electrons. The van der Waals surface area contributed by atoms with Crippen LogP contribution < -0.4 is 14.8 Å². The van der Waals surface area contributed by atoms with Crippen LogP contribution >= 0.6 is 0 Å². The Morgan fingerprint density at radius 2 is 2.23 bits per heavy atom. The fourth-order valence-corrected chi connectivity index (χ4v) is 2.41. The van der Waals surface area contributed by atoms with Crippen molar-refractivity contribution in [1.29, 1.82) is 0 Å². The smallest absolute Gasteiger partial charge is 0.231 e. The molecule has 0 unspecified atom stereocenters. The minimum Gasteiger partial charge on any atom is -0.454 e. The van der Waals surface area contributed by atoms with Gasteiger partial charge in [0.05, 0.1) is 11.9 Å². The van der Waals surface area contributed by atoms with E-state index in [-0.39, 0.29) is 6.79 Å². The lowest BCUT2D eigenvalue weighted by Gasteiger charge is -2.07. The fourth-order valence-electron chi connectivity index (χ4n) is 2.41. The number of hydrogen-bond donors (Lipinski definition) is 2. The zero-order valence-corrected chi connectivity index (χ0v) is 12.7. The first-order chi connectivity index (χ1) is 10.9. The van der Waals surface area contributed by atoms with Crippen molar-refractivity contribution < 1.29 is 14.2 Å². The van der Waals surface area contributed by atoms with Crippen molar-refractivity contribution in [3.05, 3.63) is 30.0 Å². The van der Waals surface area contributed by atoms with Crippen molar-refractivity contribution in [1.82, 2.24) is 15.5 Å². The molecule has 1 aliphatic rings. The predicted molar refractivity (Wildman–Crippen MR) is 83.0 cm³/mol. The molecule has 0 aliphatic carbocycles. The molecule has 2 aromatic rings. The molecule has 0 spiro atoms. The number of aromatic nitrogens is 2. The Labute approximate surface area is 129 Å². The van der Waals surface area contributed by atoms with Gasteiger partial charge < -0.3 is 19.5 Å². The molecule has 2 heterocycles. The topological polar surface area (TPSA) is 68.4 Å². The largest absolute Gasteiger partial charge is 0.454 e.